The number of aliphatic carboxylic acids is 1. The lowest BCUT2D eigenvalue weighted by molar-refractivity contribution is -0.192. The number of fused-ring (bicyclic) bond motifs is 1. The molecule has 54 heavy (non-hydrogen) atoms. The van der Waals surface area contributed by atoms with Crippen molar-refractivity contribution in [2.75, 3.05) is 75.4 Å². The van der Waals surface area contributed by atoms with Gasteiger partial charge in [0.2, 0.25) is 11.8 Å². The summed E-state index contributed by atoms with van der Waals surface area (Å²) in [4.78, 5) is 36.9. The molecule has 2 fully saturated rings. The van der Waals surface area contributed by atoms with E-state index in [-0.39, 0.29) is 0 Å². The van der Waals surface area contributed by atoms with Crippen LogP contribution in [0.5, 0.6) is 5.88 Å². The zero-order valence-corrected chi connectivity index (χ0v) is 32.0. The summed E-state index contributed by atoms with van der Waals surface area (Å²) in [5.41, 5.74) is 4.34. The molecule has 16 nitrogen and oxygen atoms in total. The van der Waals surface area contributed by atoms with Crippen LogP contribution in [0.4, 0.5) is 42.1 Å². The summed E-state index contributed by atoms with van der Waals surface area (Å²) in [6, 6.07) is 6.20. The molecule has 21 heteroatoms. The average molecular weight is 835 g/mol. The Morgan fingerprint density at radius 1 is 1.04 bits per heavy atom. The number of aryl methyl sites for hydroxylation is 1. The first-order valence-corrected chi connectivity index (χ1v) is 19.8. The Morgan fingerprint density at radius 3 is 2.33 bits per heavy atom. The van der Waals surface area contributed by atoms with Gasteiger partial charge < -0.3 is 34.7 Å². The van der Waals surface area contributed by atoms with Crippen LogP contribution in [-0.4, -0.2) is 123 Å². The highest BCUT2D eigenvalue weighted by Crippen LogP contribution is 2.42. The lowest BCUT2D eigenvalue weighted by Gasteiger charge is -2.43. The fraction of sp³-hybridized carbons (Fsp3) is 0.364. The Labute approximate surface area is 315 Å². The summed E-state index contributed by atoms with van der Waals surface area (Å²) < 4.78 is 58.8. The topological polar surface area (TPSA) is 186 Å². The van der Waals surface area contributed by atoms with Gasteiger partial charge in [0.1, 0.15) is 30.0 Å². The number of carboxylic acids is 1. The van der Waals surface area contributed by atoms with Crippen LogP contribution < -0.4 is 25.6 Å². The van der Waals surface area contributed by atoms with Crippen LogP contribution in [0.3, 0.4) is 0 Å². The highest BCUT2D eigenvalue weighted by molar-refractivity contribution is 9.10. The van der Waals surface area contributed by atoms with Crippen LogP contribution in [0.25, 0.3) is 22.2 Å². The van der Waals surface area contributed by atoms with E-state index >= 15 is 0 Å². The summed E-state index contributed by atoms with van der Waals surface area (Å²) in [6.45, 7) is 8.59. The van der Waals surface area contributed by atoms with Crippen LogP contribution in [0, 0.1) is 0 Å². The number of alkyl halides is 3. The maximum absolute atomic E-state index is 13.5. The Hall–Kier alpha value is -4.91. The van der Waals surface area contributed by atoms with Crippen LogP contribution in [0.2, 0.25) is 0 Å². The molecule has 2 aliphatic rings. The SMILES string of the molecule is COc1nc(N2CCN(C3COC3)CC2)c(-c2cnn(C)c2)cc1Nc1ncc(Br)c(Nc2ccc3nccnc3c2P(C)(C)=O)n1.O=C(O)C(F)(F)F. The van der Waals surface area contributed by atoms with Gasteiger partial charge in [-0.3, -0.25) is 19.5 Å². The van der Waals surface area contributed by atoms with E-state index in [1.54, 1.807) is 43.7 Å². The highest BCUT2D eigenvalue weighted by Gasteiger charge is 2.38. The molecule has 5 aromatic rings. The number of piperazine rings is 1. The van der Waals surface area contributed by atoms with Crippen molar-refractivity contribution in [1.82, 2.24) is 39.6 Å². The minimum Gasteiger partial charge on any atom is -0.479 e. The third-order valence-corrected chi connectivity index (χ3v) is 10.7. The molecule has 7 rings (SSSR count). The minimum absolute atomic E-state index is 0.315. The van der Waals surface area contributed by atoms with Crippen molar-refractivity contribution in [2.45, 2.75) is 12.2 Å². The Kier molecular flexibility index (Phi) is 11.4. The van der Waals surface area contributed by atoms with E-state index in [0.29, 0.717) is 55.9 Å². The molecule has 0 aliphatic carbocycles. The van der Waals surface area contributed by atoms with Crippen LogP contribution in [0.15, 0.2) is 53.7 Å². The van der Waals surface area contributed by atoms with E-state index in [9.17, 15) is 17.7 Å². The Balaban J connectivity index is 0.000000649. The maximum atomic E-state index is 13.5. The molecule has 2 aliphatic heterocycles. The maximum Gasteiger partial charge on any atom is 0.490 e. The number of anilines is 5. The van der Waals surface area contributed by atoms with Gasteiger partial charge in [0.15, 0.2) is 0 Å². The highest BCUT2D eigenvalue weighted by atomic mass is 79.9. The molecule has 0 bridgehead atoms. The molecule has 2 saturated heterocycles. The monoisotopic (exact) mass is 833 g/mol. The number of carbonyl (C=O) groups is 1. The molecule has 0 unspecified atom stereocenters. The molecule has 0 spiro atoms. The van der Waals surface area contributed by atoms with Crippen LogP contribution in [0.1, 0.15) is 0 Å². The fourth-order valence-electron chi connectivity index (χ4n) is 5.91. The van der Waals surface area contributed by atoms with Gasteiger partial charge in [0.25, 0.3) is 0 Å². The molecule has 3 N–H and O–H groups in total. The quantitative estimate of drug-likeness (QED) is 0.171. The number of rotatable bonds is 9. The molecule has 6 heterocycles. The standard InChI is InChI=1S/C31H35BrN11O3P.C2HF3O2/c1-41-16-19(14-36-41)21-13-25(30(45-2)40-29(21)43-11-9-42(10-12-43)20-17-46-18-20)38-31-35-15-22(32)28(39-31)37-24-6-5-23-26(34-8-7-33-23)27(24)47(3,4)44;3-2(4,5)1(6)7/h5-8,13-16,20H,9-12,17-18H2,1-4H3,(H2,35,37,38,39);(H,6,7). The van der Waals surface area contributed by atoms with Crippen LogP contribution in [-0.2, 0) is 21.1 Å². The molecular formula is C33H36BrF3N11O5P. The van der Waals surface area contributed by atoms with Crippen molar-refractivity contribution < 1.29 is 37.1 Å². The largest absolute Gasteiger partial charge is 0.490 e. The van der Waals surface area contributed by atoms with Crippen LogP contribution >= 0.6 is 23.1 Å². The van der Waals surface area contributed by atoms with Gasteiger partial charge in [-0.1, -0.05) is 0 Å². The predicted octanol–water partition coefficient (Wildman–Crippen LogP) is 4.88. The van der Waals surface area contributed by atoms with Crippen molar-refractivity contribution >= 4 is 74.3 Å². The summed E-state index contributed by atoms with van der Waals surface area (Å²) >= 11 is 3.57. The zero-order chi connectivity index (χ0) is 38.8. The number of carboxylic acid groups (broad SMARTS) is 1. The van der Waals surface area contributed by atoms with Gasteiger partial charge in [0.05, 0.1) is 53.5 Å². The third kappa shape index (κ3) is 8.72. The third-order valence-electron chi connectivity index (χ3n) is 8.57. The summed E-state index contributed by atoms with van der Waals surface area (Å²) in [5.74, 6) is -0.717. The van der Waals surface area contributed by atoms with Gasteiger partial charge in [-0.05, 0) is 47.5 Å². The Morgan fingerprint density at radius 2 is 1.74 bits per heavy atom. The number of nitrogens with zero attached hydrogens (tertiary/aromatic N) is 9. The van der Waals surface area contributed by atoms with Crippen molar-refractivity contribution in [1.29, 1.82) is 0 Å². The van der Waals surface area contributed by atoms with E-state index in [1.165, 1.54) is 0 Å². The minimum atomic E-state index is -5.08. The number of benzene rings is 1. The molecule has 1 aromatic carbocycles. The van der Waals surface area contributed by atoms with E-state index < -0.39 is 19.3 Å². The first kappa shape index (κ1) is 38.8. The van der Waals surface area contributed by atoms with Crippen molar-refractivity contribution in [3.8, 4) is 17.0 Å². The first-order chi connectivity index (χ1) is 25.6. The average Bonchev–Trinajstić information content (AvgIpc) is 3.54. The Bertz CT molecular complexity index is 2210. The number of ether oxygens (including phenoxy) is 2. The molecule has 286 valence electrons. The molecule has 0 amide bonds. The van der Waals surface area contributed by atoms with Crippen molar-refractivity contribution in [3.05, 3.63) is 53.7 Å². The molecule has 0 radical (unpaired) electrons. The van der Waals surface area contributed by atoms with E-state index in [4.69, 9.17) is 29.3 Å². The van der Waals surface area contributed by atoms with Crippen molar-refractivity contribution in [3.63, 3.8) is 0 Å². The predicted molar refractivity (Wildman–Crippen MR) is 200 cm³/mol. The second-order valence-electron chi connectivity index (χ2n) is 12.7. The zero-order valence-electron chi connectivity index (χ0n) is 29.5. The normalized spacial score (nSPS) is 15.3. The van der Waals surface area contributed by atoms with Gasteiger partial charge in [0, 0.05) is 69.1 Å². The van der Waals surface area contributed by atoms with Gasteiger partial charge in [-0.25, -0.2) is 9.78 Å². The van der Waals surface area contributed by atoms with Gasteiger partial charge in [-0.2, -0.15) is 28.2 Å². The summed E-state index contributed by atoms with van der Waals surface area (Å²) in [7, 11) is 0.724. The number of aromatic nitrogens is 7. The van der Waals surface area contributed by atoms with Gasteiger partial charge in [-0.15, -0.1) is 0 Å². The lowest BCUT2D eigenvalue weighted by Crippen LogP contribution is -2.56. The first-order valence-electron chi connectivity index (χ1n) is 16.4. The number of hydrogen-bond acceptors (Lipinski definition) is 14. The summed E-state index contributed by atoms with van der Waals surface area (Å²) in [6.07, 6.45) is 3.60. The van der Waals surface area contributed by atoms with Crippen molar-refractivity contribution in [2.24, 2.45) is 7.05 Å². The second kappa shape index (κ2) is 15.8. The fourth-order valence-corrected chi connectivity index (χ4v) is 7.59. The number of halogens is 4. The van der Waals surface area contributed by atoms with E-state index in [2.05, 4.69) is 56.4 Å². The van der Waals surface area contributed by atoms with E-state index in [1.807, 2.05) is 37.6 Å². The molecule has 4 aromatic heterocycles. The molecule has 0 saturated carbocycles. The van der Waals surface area contributed by atoms with Gasteiger partial charge >= 0.3 is 12.1 Å². The second-order valence-corrected chi connectivity index (χ2v) is 16.7. The lowest BCUT2D eigenvalue weighted by atomic mass is 10.1. The van der Waals surface area contributed by atoms with E-state index in [0.717, 1.165) is 56.3 Å². The number of hydrogen-bond donors (Lipinski definition) is 3. The summed E-state index contributed by atoms with van der Waals surface area (Å²) in [5, 5.41) is 18.8. The smallest absolute Gasteiger partial charge is 0.479 e. The molecule has 0 atom stereocenters. The number of methoxy groups -OCH3 is 1. The molecular weight excluding hydrogens is 798 g/mol. The number of pyridine rings is 1. The number of nitrogens with one attached hydrogen (secondary N) is 2.